The highest BCUT2D eigenvalue weighted by Gasteiger charge is 2.09. The Morgan fingerprint density at radius 1 is 1.08 bits per heavy atom. The average Bonchev–Trinajstić information content (AvgIpc) is 2.52. The summed E-state index contributed by atoms with van der Waals surface area (Å²) in [6.07, 6.45) is 0. The predicted molar refractivity (Wildman–Crippen MR) is 91.2 cm³/mol. The SMILES string of the molecule is CCOC(=O)c1ccc(NC(=O)Cn2c(C)cc(=O)cc2C)cc1. The second-order valence-electron chi connectivity index (χ2n) is 5.41. The molecule has 0 aliphatic carbocycles. The molecule has 6 nitrogen and oxygen atoms in total. The summed E-state index contributed by atoms with van der Waals surface area (Å²) < 4.78 is 6.68. The van der Waals surface area contributed by atoms with E-state index in [1.54, 1.807) is 49.6 Å². The second kappa shape index (κ2) is 7.59. The average molecular weight is 328 g/mol. The Labute approximate surface area is 140 Å². The molecule has 0 saturated heterocycles. The van der Waals surface area contributed by atoms with Gasteiger partial charge in [0, 0.05) is 29.2 Å². The summed E-state index contributed by atoms with van der Waals surface area (Å²) in [4.78, 5) is 35.2. The molecule has 0 atom stereocenters. The smallest absolute Gasteiger partial charge is 0.338 e. The zero-order valence-electron chi connectivity index (χ0n) is 14.0. The Kier molecular flexibility index (Phi) is 5.52. The molecule has 2 rings (SSSR count). The van der Waals surface area contributed by atoms with Gasteiger partial charge in [0.25, 0.3) is 0 Å². The maximum Gasteiger partial charge on any atom is 0.338 e. The van der Waals surface area contributed by atoms with Gasteiger partial charge in [0.1, 0.15) is 6.54 Å². The van der Waals surface area contributed by atoms with Crippen molar-refractivity contribution in [2.75, 3.05) is 11.9 Å². The minimum absolute atomic E-state index is 0.0730. The number of amides is 1. The van der Waals surface area contributed by atoms with Crippen LogP contribution in [0.25, 0.3) is 0 Å². The Hall–Kier alpha value is -2.89. The van der Waals surface area contributed by atoms with Gasteiger partial charge in [-0.2, -0.15) is 0 Å². The number of carbonyl (C=O) groups is 2. The molecule has 0 unspecified atom stereocenters. The third kappa shape index (κ3) is 4.32. The molecule has 0 radical (unpaired) electrons. The van der Waals surface area contributed by atoms with Crippen LogP contribution in [0.3, 0.4) is 0 Å². The van der Waals surface area contributed by atoms with Crippen molar-refractivity contribution in [3.05, 3.63) is 63.6 Å². The molecule has 1 heterocycles. The Balaban J connectivity index is 2.05. The first kappa shape index (κ1) is 17.5. The first-order valence-electron chi connectivity index (χ1n) is 7.66. The van der Waals surface area contributed by atoms with E-state index in [1.165, 1.54) is 12.1 Å². The van der Waals surface area contributed by atoms with E-state index in [-0.39, 0.29) is 17.9 Å². The highest BCUT2D eigenvalue weighted by atomic mass is 16.5. The van der Waals surface area contributed by atoms with Crippen molar-refractivity contribution in [3.8, 4) is 0 Å². The summed E-state index contributed by atoms with van der Waals surface area (Å²) in [5, 5.41) is 2.77. The first-order chi connectivity index (χ1) is 11.4. The molecule has 0 fully saturated rings. The molecule has 24 heavy (non-hydrogen) atoms. The molecular formula is C18H20N2O4. The largest absolute Gasteiger partial charge is 0.462 e. The number of ether oxygens (including phenoxy) is 1. The highest BCUT2D eigenvalue weighted by molar-refractivity contribution is 5.93. The zero-order valence-corrected chi connectivity index (χ0v) is 14.0. The van der Waals surface area contributed by atoms with E-state index in [0.717, 1.165) is 11.4 Å². The number of nitrogens with zero attached hydrogens (tertiary/aromatic N) is 1. The Morgan fingerprint density at radius 3 is 2.21 bits per heavy atom. The van der Waals surface area contributed by atoms with Gasteiger partial charge in [-0.3, -0.25) is 9.59 Å². The minimum Gasteiger partial charge on any atom is -0.462 e. The van der Waals surface area contributed by atoms with Gasteiger partial charge in [-0.25, -0.2) is 4.79 Å². The van der Waals surface area contributed by atoms with Crippen molar-refractivity contribution in [2.24, 2.45) is 0 Å². The fourth-order valence-corrected chi connectivity index (χ4v) is 2.39. The van der Waals surface area contributed by atoms with Crippen LogP contribution in [0.5, 0.6) is 0 Å². The summed E-state index contributed by atoms with van der Waals surface area (Å²) in [5.74, 6) is -0.608. The van der Waals surface area contributed by atoms with Crippen molar-refractivity contribution < 1.29 is 14.3 Å². The molecular weight excluding hydrogens is 308 g/mol. The Bertz CT molecular complexity index is 781. The van der Waals surface area contributed by atoms with E-state index in [4.69, 9.17) is 4.74 Å². The van der Waals surface area contributed by atoms with E-state index in [2.05, 4.69) is 5.32 Å². The van der Waals surface area contributed by atoms with Crippen molar-refractivity contribution in [2.45, 2.75) is 27.3 Å². The maximum absolute atomic E-state index is 12.2. The molecule has 126 valence electrons. The normalized spacial score (nSPS) is 10.3. The molecule has 1 N–H and O–H groups in total. The lowest BCUT2D eigenvalue weighted by atomic mass is 10.2. The van der Waals surface area contributed by atoms with Crippen LogP contribution >= 0.6 is 0 Å². The van der Waals surface area contributed by atoms with Crippen LogP contribution in [-0.4, -0.2) is 23.1 Å². The van der Waals surface area contributed by atoms with Crippen molar-refractivity contribution in [1.29, 1.82) is 0 Å². The number of anilines is 1. The maximum atomic E-state index is 12.2. The van der Waals surface area contributed by atoms with Gasteiger partial charge in [-0.1, -0.05) is 0 Å². The van der Waals surface area contributed by atoms with Crippen LogP contribution in [0.1, 0.15) is 28.7 Å². The van der Waals surface area contributed by atoms with Gasteiger partial charge in [-0.15, -0.1) is 0 Å². The third-order valence-corrected chi connectivity index (χ3v) is 3.54. The predicted octanol–water partition coefficient (Wildman–Crippen LogP) is 2.28. The lowest BCUT2D eigenvalue weighted by Crippen LogP contribution is -2.23. The third-order valence-electron chi connectivity index (χ3n) is 3.54. The van der Waals surface area contributed by atoms with Crippen LogP contribution < -0.4 is 10.7 Å². The molecule has 0 bridgehead atoms. The lowest BCUT2D eigenvalue weighted by Gasteiger charge is -2.14. The van der Waals surface area contributed by atoms with Gasteiger partial charge >= 0.3 is 5.97 Å². The molecule has 0 aliphatic heterocycles. The number of benzene rings is 1. The monoisotopic (exact) mass is 328 g/mol. The Morgan fingerprint density at radius 2 is 1.67 bits per heavy atom. The standard InChI is InChI=1S/C18H20N2O4/c1-4-24-18(23)14-5-7-15(8-6-14)19-17(22)11-20-12(2)9-16(21)10-13(20)3/h5-10H,4,11H2,1-3H3,(H,19,22). The number of hydrogen-bond acceptors (Lipinski definition) is 4. The van der Waals surface area contributed by atoms with Crippen LogP contribution in [-0.2, 0) is 16.1 Å². The van der Waals surface area contributed by atoms with Crippen LogP contribution in [0.15, 0.2) is 41.2 Å². The van der Waals surface area contributed by atoms with Gasteiger partial charge < -0.3 is 14.6 Å². The summed E-state index contributed by atoms with van der Waals surface area (Å²) >= 11 is 0. The number of esters is 1. The van der Waals surface area contributed by atoms with Crippen molar-refractivity contribution >= 4 is 17.6 Å². The van der Waals surface area contributed by atoms with E-state index >= 15 is 0 Å². The van der Waals surface area contributed by atoms with Gasteiger partial charge in [0.15, 0.2) is 5.43 Å². The summed E-state index contributed by atoms with van der Waals surface area (Å²) in [5.41, 5.74) is 2.41. The second-order valence-corrected chi connectivity index (χ2v) is 5.41. The fraction of sp³-hybridized carbons (Fsp3) is 0.278. The van der Waals surface area contributed by atoms with E-state index < -0.39 is 5.97 Å². The summed E-state index contributed by atoms with van der Waals surface area (Å²) in [7, 11) is 0. The van der Waals surface area contributed by atoms with E-state index in [9.17, 15) is 14.4 Å². The number of aromatic nitrogens is 1. The van der Waals surface area contributed by atoms with Crippen LogP contribution in [0, 0.1) is 13.8 Å². The summed E-state index contributed by atoms with van der Waals surface area (Å²) in [6, 6.07) is 9.49. The van der Waals surface area contributed by atoms with Crippen LogP contribution in [0.2, 0.25) is 0 Å². The number of pyridine rings is 1. The molecule has 2 aromatic rings. The zero-order chi connectivity index (χ0) is 17.7. The number of hydrogen-bond donors (Lipinski definition) is 1. The number of aryl methyl sites for hydroxylation is 2. The van der Waals surface area contributed by atoms with Gasteiger partial charge in [0.2, 0.25) is 5.91 Å². The number of carbonyl (C=O) groups excluding carboxylic acids is 2. The molecule has 1 aromatic carbocycles. The minimum atomic E-state index is -0.394. The highest BCUT2D eigenvalue weighted by Crippen LogP contribution is 2.11. The molecule has 0 spiro atoms. The van der Waals surface area contributed by atoms with E-state index in [1.807, 2.05) is 0 Å². The molecule has 0 saturated carbocycles. The molecule has 1 aromatic heterocycles. The number of nitrogens with one attached hydrogen (secondary N) is 1. The van der Waals surface area contributed by atoms with Gasteiger partial charge in [0.05, 0.1) is 12.2 Å². The molecule has 1 amide bonds. The first-order valence-corrected chi connectivity index (χ1v) is 7.66. The quantitative estimate of drug-likeness (QED) is 0.854. The van der Waals surface area contributed by atoms with E-state index in [0.29, 0.717) is 17.9 Å². The lowest BCUT2D eigenvalue weighted by molar-refractivity contribution is -0.116. The molecule has 6 heteroatoms. The number of rotatable bonds is 5. The fourth-order valence-electron chi connectivity index (χ4n) is 2.39. The van der Waals surface area contributed by atoms with Crippen LogP contribution in [0.4, 0.5) is 5.69 Å². The van der Waals surface area contributed by atoms with Crippen molar-refractivity contribution in [3.63, 3.8) is 0 Å². The van der Waals surface area contributed by atoms with Gasteiger partial charge in [-0.05, 0) is 45.0 Å². The summed E-state index contributed by atoms with van der Waals surface area (Å²) in [6.45, 7) is 5.74. The topological polar surface area (TPSA) is 77.4 Å². The molecule has 0 aliphatic rings. The van der Waals surface area contributed by atoms with Crippen molar-refractivity contribution in [1.82, 2.24) is 4.57 Å².